The van der Waals surface area contributed by atoms with Gasteiger partial charge in [0.15, 0.2) is 5.65 Å². The first-order chi connectivity index (χ1) is 12.2. The zero-order valence-electron chi connectivity index (χ0n) is 13.5. The average molecular weight is 336 g/mol. The number of aromatic nitrogens is 4. The van der Waals surface area contributed by atoms with Crippen LogP contribution in [0.25, 0.3) is 11.2 Å². The van der Waals surface area contributed by atoms with E-state index in [4.69, 9.17) is 12.2 Å². The summed E-state index contributed by atoms with van der Waals surface area (Å²) in [5.74, 6) is 2.98. The van der Waals surface area contributed by atoms with Gasteiger partial charge in [-0.25, -0.2) is 14.4 Å². The number of pyridine rings is 2. The van der Waals surface area contributed by atoms with E-state index in [-0.39, 0.29) is 12.4 Å². The van der Waals surface area contributed by atoms with Crippen LogP contribution in [0.2, 0.25) is 0 Å². The zero-order chi connectivity index (χ0) is 17.6. The highest BCUT2D eigenvalue weighted by Crippen LogP contribution is 2.16. The Morgan fingerprint density at radius 2 is 2.04 bits per heavy atom. The third-order valence-electron chi connectivity index (χ3n) is 3.66. The van der Waals surface area contributed by atoms with Crippen LogP contribution in [0.5, 0.6) is 0 Å². The molecule has 0 fully saturated rings. The maximum absolute atomic E-state index is 13.9. The van der Waals surface area contributed by atoms with Gasteiger partial charge in [0.05, 0.1) is 25.3 Å². The summed E-state index contributed by atoms with van der Waals surface area (Å²) in [6.07, 6.45) is 11.8. The number of nitrogens with zero attached hydrogens (tertiary/aromatic N) is 5. The molecule has 7 heteroatoms. The molecular weight excluding hydrogens is 319 g/mol. The van der Waals surface area contributed by atoms with Crippen molar-refractivity contribution in [1.29, 1.82) is 0 Å². The molecule has 3 rings (SSSR count). The van der Waals surface area contributed by atoms with Crippen LogP contribution >= 0.6 is 0 Å². The Hall–Kier alpha value is -3.40. The van der Waals surface area contributed by atoms with Gasteiger partial charge in [0.2, 0.25) is 0 Å². The van der Waals surface area contributed by atoms with Crippen molar-refractivity contribution < 1.29 is 4.39 Å². The van der Waals surface area contributed by atoms with E-state index in [9.17, 15) is 4.39 Å². The van der Waals surface area contributed by atoms with Gasteiger partial charge < -0.3 is 10.6 Å². The van der Waals surface area contributed by atoms with Crippen LogP contribution in [0.4, 0.5) is 4.39 Å². The molecule has 0 aliphatic rings. The molecule has 0 saturated heterocycles. The molecule has 0 unspecified atom stereocenters. The van der Waals surface area contributed by atoms with Crippen molar-refractivity contribution in [2.24, 2.45) is 5.73 Å². The van der Waals surface area contributed by atoms with Gasteiger partial charge in [-0.3, -0.25) is 9.55 Å². The Morgan fingerprint density at radius 1 is 1.24 bits per heavy atom. The Kier molecular flexibility index (Phi) is 4.90. The summed E-state index contributed by atoms with van der Waals surface area (Å²) >= 11 is 0. The molecule has 0 saturated carbocycles. The lowest BCUT2D eigenvalue weighted by atomic mass is 10.3. The lowest BCUT2D eigenvalue weighted by Gasteiger charge is -2.20. The third-order valence-corrected chi connectivity index (χ3v) is 3.66. The lowest BCUT2D eigenvalue weighted by molar-refractivity contribution is 0.335. The number of hydrogen-bond acceptors (Lipinski definition) is 5. The minimum Gasteiger partial charge on any atom is -0.403 e. The fourth-order valence-corrected chi connectivity index (χ4v) is 2.58. The number of halogens is 1. The van der Waals surface area contributed by atoms with E-state index in [2.05, 4.69) is 20.9 Å². The van der Waals surface area contributed by atoms with Crippen molar-refractivity contribution in [3.05, 3.63) is 66.4 Å². The van der Waals surface area contributed by atoms with Crippen molar-refractivity contribution >= 4 is 11.2 Å². The highest BCUT2D eigenvalue weighted by atomic mass is 19.1. The smallest absolute Gasteiger partial charge is 0.160 e. The zero-order valence-corrected chi connectivity index (χ0v) is 13.5. The van der Waals surface area contributed by atoms with Gasteiger partial charge in [0.1, 0.15) is 17.2 Å². The fraction of sp³-hybridized carbons (Fsp3) is 0.167. The molecule has 0 atom stereocenters. The average Bonchev–Trinajstić information content (AvgIpc) is 2.95. The van der Waals surface area contributed by atoms with Crippen LogP contribution in [-0.4, -0.2) is 24.4 Å². The van der Waals surface area contributed by atoms with Gasteiger partial charge in [0, 0.05) is 24.8 Å². The first-order valence-electron chi connectivity index (χ1n) is 7.68. The second-order valence-electron chi connectivity index (χ2n) is 5.34. The van der Waals surface area contributed by atoms with E-state index in [1.54, 1.807) is 24.7 Å². The summed E-state index contributed by atoms with van der Waals surface area (Å²) in [6.45, 7) is 0.996. The maximum atomic E-state index is 13.9. The molecule has 0 aliphatic carbocycles. The summed E-state index contributed by atoms with van der Waals surface area (Å²) < 4.78 is 15.8. The summed E-state index contributed by atoms with van der Waals surface area (Å²) in [5.41, 5.74) is 7.35. The second-order valence-corrected chi connectivity index (χ2v) is 5.34. The molecule has 3 aromatic heterocycles. The van der Waals surface area contributed by atoms with Gasteiger partial charge in [-0.2, -0.15) is 0 Å². The first kappa shape index (κ1) is 16.5. The normalized spacial score (nSPS) is 11.0. The van der Waals surface area contributed by atoms with Crippen molar-refractivity contribution in [3.8, 4) is 12.3 Å². The summed E-state index contributed by atoms with van der Waals surface area (Å²) in [5, 5.41) is 0. The summed E-state index contributed by atoms with van der Waals surface area (Å²) in [7, 11) is 0. The molecule has 126 valence electrons. The Labute approximate surface area is 144 Å². The predicted octanol–water partition coefficient (Wildman–Crippen LogP) is 2.03. The molecule has 6 nitrogen and oxygen atoms in total. The van der Waals surface area contributed by atoms with E-state index in [1.165, 1.54) is 12.3 Å². The molecule has 0 aromatic carbocycles. The number of rotatable bonds is 6. The SMILES string of the molecule is C#CCn1c(CN(/C=C\N)Cc2ncccc2F)nc2cccnc21. The van der Waals surface area contributed by atoms with Crippen LogP contribution in [0.15, 0.2) is 49.1 Å². The number of nitrogens with two attached hydrogens (primary N) is 1. The van der Waals surface area contributed by atoms with Crippen molar-refractivity contribution in [2.75, 3.05) is 0 Å². The van der Waals surface area contributed by atoms with Crippen LogP contribution in [0.3, 0.4) is 0 Å². The topological polar surface area (TPSA) is 72.9 Å². The van der Waals surface area contributed by atoms with E-state index in [1.807, 2.05) is 21.6 Å². The van der Waals surface area contributed by atoms with Crippen molar-refractivity contribution in [2.45, 2.75) is 19.6 Å². The largest absolute Gasteiger partial charge is 0.403 e. The van der Waals surface area contributed by atoms with Crippen molar-refractivity contribution in [3.63, 3.8) is 0 Å². The number of imidazole rings is 1. The quantitative estimate of drug-likeness (QED) is 0.697. The van der Waals surface area contributed by atoms with Gasteiger partial charge in [-0.1, -0.05) is 5.92 Å². The fourth-order valence-electron chi connectivity index (χ4n) is 2.58. The van der Waals surface area contributed by atoms with E-state index >= 15 is 0 Å². The van der Waals surface area contributed by atoms with Gasteiger partial charge in [-0.05, 0) is 24.3 Å². The summed E-state index contributed by atoms with van der Waals surface area (Å²) in [6, 6.07) is 6.63. The van der Waals surface area contributed by atoms with Crippen LogP contribution in [0.1, 0.15) is 11.5 Å². The molecular formula is C18H17FN6. The van der Waals surface area contributed by atoms with Crippen LogP contribution in [0, 0.1) is 18.2 Å². The molecule has 0 amide bonds. The minimum absolute atomic E-state index is 0.257. The molecule has 3 heterocycles. The third kappa shape index (κ3) is 3.58. The van der Waals surface area contributed by atoms with Gasteiger partial charge in [-0.15, -0.1) is 6.42 Å². The Bertz CT molecular complexity index is 940. The van der Waals surface area contributed by atoms with Gasteiger partial charge >= 0.3 is 0 Å². The summed E-state index contributed by atoms with van der Waals surface area (Å²) in [4.78, 5) is 14.8. The number of fused-ring (bicyclic) bond motifs is 1. The minimum atomic E-state index is -0.364. The highest BCUT2D eigenvalue weighted by molar-refractivity contribution is 5.71. The van der Waals surface area contributed by atoms with Gasteiger partial charge in [0.25, 0.3) is 0 Å². The Morgan fingerprint density at radius 3 is 2.80 bits per heavy atom. The van der Waals surface area contributed by atoms with E-state index in [0.717, 1.165) is 17.0 Å². The highest BCUT2D eigenvalue weighted by Gasteiger charge is 2.15. The molecule has 25 heavy (non-hydrogen) atoms. The maximum Gasteiger partial charge on any atom is 0.160 e. The predicted molar refractivity (Wildman–Crippen MR) is 93.1 cm³/mol. The van der Waals surface area contributed by atoms with Crippen LogP contribution in [-0.2, 0) is 19.6 Å². The molecule has 3 aromatic rings. The molecule has 0 aliphatic heterocycles. The monoisotopic (exact) mass is 336 g/mol. The number of terminal acetylenes is 1. The van der Waals surface area contributed by atoms with E-state index < -0.39 is 0 Å². The lowest BCUT2D eigenvalue weighted by Crippen LogP contribution is -2.21. The molecule has 2 N–H and O–H groups in total. The Balaban J connectivity index is 1.92. The van der Waals surface area contributed by atoms with Crippen LogP contribution < -0.4 is 5.73 Å². The molecule has 0 bridgehead atoms. The molecule has 0 spiro atoms. The standard InChI is InChI=1S/C18H17FN6/c1-2-10-25-17(23-15-6-4-9-22-18(15)25)13-24(11-7-20)12-16-14(19)5-3-8-21-16/h1,3-9,11H,10,12-13,20H2/b11-7-. The second kappa shape index (κ2) is 7.45. The molecule has 0 radical (unpaired) electrons. The first-order valence-corrected chi connectivity index (χ1v) is 7.68. The van der Waals surface area contributed by atoms with Crippen molar-refractivity contribution in [1.82, 2.24) is 24.4 Å². The number of hydrogen-bond donors (Lipinski definition) is 1. The van der Waals surface area contributed by atoms with E-state index in [0.29, 0.717) is 18.8 Å².